The Kier molecular flexibility index (Phi) is 3.84. The molecule has 1 aliphatic carbocycles. The van der Waals surface area contributed by atoms with E-state index >= 15 is 0 Å². The number of carbonyl (C=O) groups excluding carboxylic acids is 1. The minimum atomic E-state index is -1.01. The molecule has 0 aromatic heterocycles. The Balaban J connectivity index is 1.61. The number of aliphatic carboxylic acids is 1. The molecule has 22 heavy (non-hydrogen) atoms. The molecule has 0 radical (unpaired) electrons. The summed E-state index contributed by atoms with van der Waals surface area (Å²) < 4.78 is 0. The van der Waals surface area contributed by atoms with Gasteiger partial charge in [-0.25, -0.2) is 4.79 Å². The average Bonchev–Trinajstić information content (AvgIpc) is 2.48. The van der Waals surface area contributed by atoms with Crippen LogP contribution >= 0.6 is 0 Å². The van der Waals surface area contributed by atoms with E-state index in [9.17, 15) is 14.7 Å². The second kappa shape index (κ2) is 5.79. The topological polar surface area (TPSA) is 66.4 Å². The van der Waals surface area contributed by atoms with Crippen LogP contribution in [0.3, 0.4) is 0 Å². The van der Waals surface area contributed by atoms with Gasteiger partial charge in [0, 0.05) is 6.42 Å². The number of amides is 1. The molecule has 0 spiro atoms. The summed E-state index contributed by atoms with van der Waals surface area (Å²) in [5, 5.41) is 14.2. The van der Waals surface area contributed by atoms with Gasteiger partial charge in [0.2, 0.25) is 5.91 Å². The molecular formula is C18H19NO3. The van der Waals surface area contributed by atoms with E-state index in [0.29, 0.717) is 25.7 Å². The summed E-state index contributed by atoms with van der Waals surface area (Å²) in [6.07, 6.45) is 2.85. The molecule has 0 unspecified atom stereocenters. The number of carboxylic acid groups (broad SMARTS) is 1. The van der Waals surface area contributed by atoms with Crippen molar-refractivity contribution in [1.29, 1.82) is 0 Å². The van der Waals surface area contributed by atoms with Gasteiger partial charge in [0.15, 0.2) is 0 Å². The molecule has 0 bridgehead atoms. The number of benzene rings is 2. The summed E-state index contributed by atoms with van der Waals surface area (Å²) in [7, 11) is 0. The molecule has 2 aromatic carbocycles. The summed E-state index contributed by atoms with van der Waals surface area (Å²) in [4.78, 5) is 23.3. The van der Waals surface area contributed by atoms with Crippen molar-refractivity contribution in [3.8, 4) is 0 Å². The van der Waals surface area contributed by atoms with Crippen LogP contribution in [0.15, 0.2) is 42.5 Å². The van der Waals surface area contributed by atoms with Crippen molar-refractivity contribution < 1.29 is 14.7 Å². The standard InChI is InChI=1S/C18H19NO3/c20-16(19-18(17(21)22)10-3-11-18)9-7-13-6-8-14-4-1-2-5-15(14)12-13/h1-2,4-6,8,12H,3,7,9-11H2,(H,19,20)(H,21,22). The second-order valence-corrected chi connectivity index (χ2v) is 5.97. The third-order valence-electron chi connectivity index (χ3n) is 4.45. The number of hydrogen-bond acceptors (Lipinski definition) is 2. The monoisotopic (exact) mass is 297 g/mol. The van der Waals surface area contributed by atoms with Crippen LogP contribution in [0, 0.1) is 0 Å². The van der Waals surface area contributed by atoms with Crippen LogP contribution in [0.25, 0.3) is 10.8 Å². The van der Waals surface area contributed by atoms with Gasteiger partial charge in [0.1, 0.15) is 5.54 Å². The maximum atomic E-state index is 12.0. The first-order valence-corrected chi connectivity index (χ1v) is 7.61. The Bertz CT molecular complexity index is 719. The van der Waals surface area contributed by atoms with Crippen molar-refractivity contribution in [2.75, 3.05) is 0 Å². The lowest BCUT2D eigenvalue weighted by Crippen LogP contribution is -2.59. The lowest BCUT2D eigenvalue weighted by Gasteiger charge is -2.38. The smallest absolute Gasteiger partial charge is 0.329 e. The fraction of sp³-hybridized carbons (Fsp3) is 0.333. The fourth-order valence-corrected chi connectivity index (χ4v) is 2.90. The molecule has 1 saturated carbocycles. The van der Waals surface area contributed by atoms with Crippen molar-refractivity contribution in [1.82, 2.24) is 5.32 Å². The van der Waals surface area contributed by atoms with Gasteiger partial charge in [-0.05, 0) is 42.0 Å². The molecule has 114 valence electrons. The highest BCUT2D eigenvalue weighted by Gasteiger charge is 2.45. The lowest BCUT2D eigenvalue weighted by molar-refractivity contribution is -0.151. The van der Waals surface area contributed by atoms with Crippen LogP contribution in [-0.2, 0) is 16.0 Å². The summed E-state index contributed by atoms with van der Waals surface area (Å²) in [5.74, 6) is -1.10. The van der Waals surface area contributed by atoms with Gasteiger partial charge in [-0.2, -0.15) is 0 Å². The first-order valence-electron chi connectivity index (χ1n) is 7.61. The van der Waals surface area contributed by atoms with E-state index in [1.807, 2.05) is 30.3 Å². The van der Waals surface area contributed by atoms with Gasteiger partial charge < -0.3 is 10.4 Å². The van der Waals surface area contributed by atoms with Crippen LogP contribution in [0.2, 0.25) is 0 Å². The van der Waals surface area contributed by atoms with E-state index in [1.54, 1.807) is 0 Å². The Morgan fingerprint density at radius 1 is 1.09 bits per heavy atom. The average molecular weight is 297 g/mol. The Hall–Kier alpha value is -2.36. The Morgan fingerprint density at radius 3 is 2.45 bits per heavy atom. The number of carbonyl (C=O) groups is 2. The predicted molar refractivity (Wildman–Crippen MR) is 84.6 cm³/mol. The van der Waals surface area contributed by atoms with Crippen molar-refractivity contribution in [3.63, 3.8) is 0 Å². The van der Waals surface area contributed by atoms with Gasteiger partial charge >= 0.3 is 5.97 Å². The molecule has 4 nitrogen and oxygen atoms in total. The molecule has 3 rings (SSSR count). The number of hydrogen-bond donors (Lipinski definition) is 2. The van der Waals surface area contributed by atoms with Crippen molar-refractivity contribution in [3.05, 3.63) is 48.0 Å². The van der Waals surface area contributed by atoms with Gasteiger partial charge in [-0.3, -0.25) is 4.79 Å². The van der Waals surface area contributed by atoms with Crippen molar-refractivity contribution in [2.45, 2.75) is 37.6 Å². The molecule has 0 atom stereocenters. The number of aryl methyl sites for hydroxylation is 1. The first kappa shape index (κ1) is 14.6. The van der Waals surface area contributed by atoms with E-state index < -0.39 is 11.5 Å². The Labute approximate surface area is 129 Å². The Morgan fingerprint density at radius 2 is 1.82 bits per heavy atom. The molecule has 1 fully saturated rings. The third-order valence-corrected chi connectivity index (χ3v) is 4.45. The highest BCUT2D eigenvalue weighted by atomic mass is 16.4. The zero-order valence-electron chi connectivity index (χ0n) is 12.3. The zero-order chi connectivity index (χ0) is 15.6. The molecule has 0 heterocycles. The summed E-state index contributed by atoms with van der Waals surface area (Å²) in [6.45, 7) is 0. The molecule has 2 aromatic rings. The molecule has 2 N–H and O–H groups in total. The van der Waals surface area contributed by atoms with Crippen molar-refractivity contribution in [2.24, 2.45) is 0 Å². The van der Waals surface area contributed by atoms with Crippen LogP contribution in [0.5, 0.6) is 0 Å². The van der Waals surface area contributed by atoms with E-state index in [0.717, 1.165) is 17.4 Å². The molecular weight excluding hydrogens is 278 g/mol. The normalized spacial score (nSPS) is 16.0. The quantitative estimate of drug-likeness (QED) is 0.891. The van der Waals surface area contributed by atoms with Crippen LogP contribution in [-0.4, -0.2) is 22.5 Å². The largest absolute Gasteiger partial charge is 0.480 e. The van der Waals surface area contributed by atoms with E-state index in [1.165, 1.54) is 5.39 Å². The predicted octanol–water partition coefficient (Wildman–Crippen LogP) is 2.90. The van der Waals surface area contributed by atoms with Crippen LogP contribution < -0.4 is 5.32 Å². The molecule has 4 heteroatoms. The van der Waals surface area contributed by atoms with Gasteiger partial charge in [0.25, 0.3) is 0 Å². The maximum Gasteiger partial charge on any atom is 0.329 e. The number of fused-ring (bicyclic) bond motifs is 1. The van der Waals surface area contributed by atoms with Gasteiger partial charge in [-0.1, -0.05) is 42.5 Å². The van der Waals surface area contributed by atoms with Crippen LogP contribution in [0.4, 0.5) is 0 Å². The molecule has 1 aliphatic rings. The number of rotatable bonds is 5. The zero-order valence-corrected chi connectivity index (χ0v) is 12.3. The minimum absolute atomic E-state index is 0.185. The highest BCUT2D eigenvalue weighted by molar-refractivity contribution is 5.88. The fourth-order valence-electron chi connectivity index (χ4n) is 2.90. The van der Waals surface area contributed by atoms with E-state index in [4.69, 9.17) is 0 Å². The highest BCUT2D eigenvalue weighted by Crippen LogP contribution is 2.32. The first-order chi connectivity index (χ1) is 10.6. The number of nitrogens with one attached hydrogen (secondary N) is 1. The van der Waals surface area contributed by atoms with Crippen molar-refractivity contribution >= 4 is 22.6 Å². The summed E-state index contributed by atoms with van der Waals surface area (Å²) in [6, 6.07) is 14.2. The van der Waals surface area contributed by atoms with Crippen LogP contribution in [0.1, 0.15) is 31.2 Å². The minimum Gasteiger partial charge on any atom is -0.480 e. The van der Waals surface area contributed by atoms with Gasteiger partial charge in [-0.15, -0.1) is 0 Å². The molecule has 0 aliphatic heterocycles. The lowest BCUT2D eigenvalue weighted by atomic mass is 9.76. The summed E-state index contributed by atoms with van der Waals surface area (Å²) >= 11 is 0. The summed E-state index contributed by atoms with van der Waals surface area (Å²) in [5.41, 5.74) is 0.0762. The number of carboxylic acids is 1. The van der Waals surface area contributed by atoms with E-state index in [-0.39, 0.29) is 5.91 Å². The van der Waals surface area contributed by atoms with E-state index in [2.05, 4.69) is 17.4 Å². The second-order valence-electron chi connectivity index (χ2n) is 5.97. The van der Waals surface area contributed by atoms with Gasteiger partial charge in [0.05, 0.1) is 0 Å². The molecule has 1 amide bonds. The molecule has 0 saturated heterocycles. The SMILES string of the molecule is O=C(CCc1ccc2ccccc2c1)NC1(C(=O)O)CCC1. The maximum absolute atomic E-state index is 12.0. The third kappa shape index (κ3) is 2.82.